The molecule has 1 heterocycles. The fourth-order valence-electron chi connectivity index (χ4n) is 2.96. The normalized spacial score (nSPS) is 14.0. The van der Waals surface area contributed by atoms with Crippen molar-refractivity contribution in [1.29, 1.82) is 0 Å². The number of nitrogens with zero attached hydrogens (tertiary/aromatic N) is 2. The molecule has 1 aliphatic rings. The molecule has 10 heteroatoms. The van der Waals surface area contributed by atoms with Gasteiger partial charge in [0, 0.05) is 24.7 Å². The van der Waals surface area contributed by atoms with Crippen LogP contribution in [0, 0.1) is 0 Å². The van der Waals surface area contributed by atoms with E-state index in [0.29, 0.717) is 36.9 Å². The number of aromatic nitrogens is 2. The molecule has 0 atom stereocenters. The Hall–Kier alpha value is -1.81. The number of benzene rings is 1. The van der Waals surface area contributed by atoms with Gasteiger partial charge in [0.05, 0.1) is 16.8 Å². The van der Waals surface area contributed by atoms with Crippen LogP contribution in [0.2, 0.25) is 0 Å². The van der Waals surface area contributed by atoms with Crippen molar-refractivity contribution in [3.8, 4) is 5.75 Å². The molecule has 1 saturated carbocycles. The van der Waals surface area contributed by atoms with Crippen LogP contribution in [0.3, 0.4) is 0 Å². The first-order valence-corrected chi connectivity index (χ1v) is 10.6. The van der Waals surface area contributed by atoms with Crippen LogP contribution >= 0.6 is 28.1 Å². The second kappa shape index (κ2) is 9.34. The predicted octanol–water partition coefficient (Wildman–Crippen LogP) is 5.32. The molecule has 2 aromatic rings. The molecule has 0 saturated heterocycles. The van der Waals surface area contributed by atoms with Gasteiger partial charge in [-0.3, -0.25) is 4.68 Å². The lowest BCUT2D eigenvalue weighted by atomic mass is 10.2. The second-order valence-corrected chi connectivity index (χ2v) is 7.94. The lowest BCUT2D eigenvalue weighted by molar-refractivity contribution is -0.142. The largest absolute Gasteiger partial charge is 0.494 e. The molecule has 1 aliphatic carbocycles. The molecule has 1 aromatic carbocycles. The molecule has 0 bridgehead atoms. The number of rotatable bonds is 8. The van der Waals surface area contributed by atoms with Crippen molar-refractivity contribution in [2.75, 3.05) is 18.5 Å². The van der Waals surface area contributed by atoms with Gasteiger partial charge in [-0.2, -0.15) is 18.3 Å². The van der Waals surface area contributed by atoms with E-state index in [1.807, 2.05) is 31.2 Å². The molecule has 0 aliphatic heterocycles. The molecule has 1 aromatic heterocycles. The molecule has 5 nitrogen and oxygen atoms in total. The lowest BCUT2D eigenvalue weighted by Crippen LogP contribution is -2.29. The fraction of sp³-hybridized carbons (Fsp3) is 0.474. The monoisotopic (exact) mass is 490 g/mol. The number of hydrogen-bond donors (Lipinski definition) is 2. The average Bonchev–Trinajstić information content (AvgIpc) is 3.43. The summed E-state index contributed by atoms with van der Waals surface area (Å²) in [6.07, 6.45) is -2.07. The van der Waals surface area contributed by atoms with Gasteiger partial charge in [0.2, 0.25) is 0 Å². The summed E-state index contributed by atoms with van der Waals surface area (Å²) in [5.74, 6) is 0.940. The van der Waals surface area contributed by atoms with Gasteiger partial charge in [0.15, 0.2) is 10.8 Å². The molecule has 29 heavy (non-hydrogen) atoms. The third kappa shape index (κ3) is 5.85. The first-order chi connectivity index (χ1) is 13.8. The molecular formula is C19H22BrF3N4OS. The standard InChI is InChI=1S/C19H22BrF3N4OS/c1-2-28-14-8-6-13(7-9-14)25-18(29)24-10-3-11-27-16(12-4-5-12)15(20)17(26-27)19(21,22)23/h6-9,12H,2-5,10-11H2,1H3,(H2,24,25,29). The molecule has 2 N–H and O–H groups in total. The molecule has 0 spiro atoms. The summed E-state index contributed by atoms with van der Waals surface area (Å²) in [7, 11) is 0. The number of alkyl halides is 3. The van der Waals surface area contributed by atoms with Crippen molar-refractivity contribution in [2.45, 2.75) is 44.8 Å². The number of halogens is 4. The maximum Gasteiger partial charge on any atom is 0.436 e. The van der Waals surface area contributed by atoms with Crippen LogP contribution in [0.1, 0.15) is 43.5 Å². The van der Waals surface area contributed by atoms with Crippen molar-refractivity contribution in [3.05, 3.63) is 40.1 Å². The van der Waals surface area contributed by atoms with Crippen molar-refractivity contribution in [2.24, 2.45) is 0 Å². The van der Waals surface area contributed by atoms with Gasteiger partial charge in [-0.25, -0.2) is 0 Å². The van der Waals surface area contributed by atoms with E-state index in [1.54, 1.807) is 0 Å². The SMILES string of the molecule is CCOc1ccc(NC(=S)NCCCn2nc(C(F)(F)F)c(Br)c2C2CC2)cc1. The van der Waals surface area contributed by atoms with Crippen LogP contribution in [0.5, 0.6) is 5.75 Å². The van der Waals surface area contributed by atoms with E-state index in [0.717, 1.165) is 24.3 Å². The third-order valence-electron chi connectivity index (χ3n) is 4.42. The van der Waals surface area contributed by atoms with E-state index < -0.39 is 11.9 Å². The van der Waals surface area contributed by atoms with Crippen molar-refractivity contribution < 1.29 is 17.9 Å². The molecule has 0 radical (unpaired) electrons. The summed E-state index contributed by atoms with van der Waals surface area (Å²) in [4.78, 5) is 0. The number of thiocarbonyl (C=S) groups is 1. The Bertz CT molecular complexity index is 850. The van der Waals surface area contributed by atoms with Crippen LogP contribution < -0.4 is 15.4 Å². The maximum absolute atomic E-state index is 13.1. The summed E-state index contributed by atoms with van der Waals surface area (Å²) >= 11 is 8.37. The molecule has 3 rings (SSSR count). The average molecular weight is 491 g/mol. The van der Waals surface area contributed by atoms with Crippen molar-refractivity contribution >= 4 is 38.9 Å². The van der Waals surface area contributed by atoms with Crippen LogP contribution in [0.15, 0.2) is 28.7 Å². The predicted molar refractivity (Wildman–Crippen MR) is 113 cm³/mol. The fourth-order valence-corrected chi connectivity index (χ4v) is 4.01. The minimum absolute atomic E-state index is 0.0770. The summed E-state index contributed by atoms with van der Waals surface area (Å²) in [5.41, 5.74) is 0.625. The molecular weight excluding hydrogens is 469 g/mol. The minimum atomic E-state index is -4.46. The Balaban J connectivity index is 1.49. The Kier molecular flexibility index (Phi) is 7.05. The van der Waals surface area contributed by atoms with Crippen LogP contribution in [-0.4, -0.2) is 28.0 Å². The van der Waals surface area contributed by atoms with Crippen molar-refractivity contribution in [3.63, 3.8) is 0 Å². The van der Waals surface area contributed by atoms with Gasteiger partial charge < -0.3 is 15.4 Å². The van der Waals surface area contributed by atoms with Gasteiger partial charge in [0.1, 0.15) is 5.75 Å². The van der Waals surface area contributed by atoms with E-state index in [9.17, 15) is 13.2 Å². The van der Waals surface area contributed by atoms with Crippen LogP contribution in [-0.2, 0) is 12.7 Å². The summed E-state index contributed by atoms with van der Waals surface area (Å²) in [6.45, 7) is 3.43. The third-order valence-corrected chi connectivity index (χ3v) is 5.45. The van der Waals surface area contributed by atoms with Gasteiger partial charge in [-0.15, -0.1) is 0 Å². The van der Waals surface area contributed by atoms with E-state index in [2.05, 4.69) is 31.7 Å². The van der Waals surface area contributed by atoms with E-state index in [-0.39, 0.29) is 10.4 Å². The number of ether oxygens (including phenoxy) is 1. The van der Waals surface area contributed by atoms with E-state index in [4.69, 9.17) is 17.0 Å². The van der Waals surface area contributed by atoms with Crippen LogP contribution in [0.4, 0.5) is 18.9 Å². The van der Waals surface area contributed by atoms with E-state index >= 15 is 0 Å². The summed E-state index contributed by atoms with van der Waals surface area (Å²) in [6, 6.07) is 7.42. The highest BCUT2D eigenvalue weighted by atomic mass is 79.9. The molecule has 158 valence electrons. The van der Waals surface area contributed by atoms with Gasteiger partial charge in [-0.05, 0) is 78.6 Å². The summed E-state index contributed by atoms with van der Waals surface area (Å²) in [5, 5.41) is 10.4. The Morgan fingerprint density at radius 3 is 2.59 bits per heavy atom. The first kappa shape index (κ1) is 21.9. The Labute approximate surface area is 181 Å². The topological polar surface area (TPSA) is 51.1 Å². The van der Waals surface area contributed by atoms with Crippen molar-refractivity contribution in [1.82, 2.24) is 15.1 Å². The lowest BCUT2D eigenvalue weighted by Gasteiger charge is -2.12. The zero-order valence-corrected chi connectivity index (χ0v) is 18.3. The highest BCUT2D eigenvalue weighted by Gasteiger charge is 2.41. The minimum Gasteiger partial charge on any atom is -0.494 e. The van der Waals surface area contributed by atoms with Gasteiger partial charge in [-0.1, -0.05) is 0 Å². The van der Waals surface area contributed by atoms with Gasteiger partial charge >= 0.3 is 6.18 Å². The van der Waals surface area contributed by atoms with Gasteiger partial charge in [0.25, 0.3) is 0 Å². The molecule has 0 amide bonds. The highest BCUT2D eigenvalue weighted by molar-refractivity contribution is 9.10. The molecule has 0 unspecified atom stereocenters. The quantitative estimate of drug-likeness (QED) is 0.387. The smallest absolute Gasteiger partial charge is 0.436 e. The zero-order valence-electron chi connectivity index (χ0n) is 15.9. The summed E-state index contributed by atoms with van der Waals surface area (Å²) < 4.78 is 46.4. The zero-order chi connectivity index (χ0) is 21.0. The number of nitrogens with one attached hydrogen (secondary N) is 2. The van der Waals surface area contributed by atoms with E-state index in [1.165, 1.54) is 4.68 Å². The Morgan fingerprint density at radius 2 is 2.00 bits per heavy atom. The number of hydrogen-bond acceptors (Lipinski definition) is 3. The van der Waals surface area contributed by atoms with Crippen LogP contribution in [0.25, 0.3) is 0 Å². The number of aryl methyl sites for hydroxylation is 1. The first-order valence-electron chi connectivity index (χ1n) is 9.40. The second-order valence-electron chi connectivity index (χ2n) is 6.73. The Morgan fingerprint density at radius 1 is 1.31 bits per heavy atom. The maximum atomic E-state index is 13.1. The number of anilines is 1. The molecule has 1 fully saturated rings. The highest BCUT2D eigenvalue weighted by Crippen LogP contribution is 2.46.